The third-order valence-electron chi connectivity index (χ3n) is 2.82. The summed E-state index contributed by atoms with van der Waals surface area (Å²) in [5, 5.41) is 4.05. The van der Waals surface area contributed by atoms with Crippen molar-refractivity contribution in [2.75, 3.05) is 20.0 Å². The van der Waals surface area contributed by atoms with Crippen LogP contribution < -0.4 is 20.9 Å². The van der Waals surface area contributed by atoms with Gasteiger partial charge in [0.1, 0.15) is 0 Å². The maximum Gasteiger partial charge on any atom is 0.271 e. The van der Waals surface area contributed by atoms with Crippen LogP contribution in [0.4, 0.5) is 5.69 Å². The number of benzene rings is 1. The number of hydrogen-bond acceptors (Lipinski definition) is 5. The predicted octanol–water partition coefficient (Wildman–Crippen LogP) is 0.630. The molecule has 0 fully saturated rings. The van der Waals surface area contributed by atoms with Crippen molar-refractivity contribution in [3.05, 3.63) is 35.7 Å². The molecule has 7 nitrogen and oxygen atoms in total. The average Bonchev–Trinajstić information content (AvgIpc) is 2.79. The molecule has 20 heavy (non-hydrogen) atoms. The molecule has 0 atom stereocenters. The molecule has 0 saturated heterocycles. The van der Waals surface area contributed by atoms with Gasteiger partial charge in [0.2, 0.25) is 0 Å². The quantitative estimate of drug-likeness (QED) is 0.833. The average molecular weight is 276 g/mol. The Morgan fingerprint density at radius 2 is 2.00 bits per heavy atom. The minimum Gasteiger partial charge on any atom is -0.493 e. The highest BCUT2D eigenvalue weighted by molar-refractivity contribution is 5.95. The lowest BCUT2D eigenvalue weighted by Crippen LogP contribution is -2.14. The minimum absolute atomic E-state index is 0.0745. The zero-order valence-corrected chi connectivity index (χ0v) is 11.3. The van der Waals surface area contributed by atoms with Crippen molar-refractivity contribution in [2.24, 2.45) is 5.73 Å². The molecule has 106 valence electrons. The van der Waals surface area contributed by atoms with E-state index in [1.165, 1.54) is 0 Å². The van der Waals surface area contributed by atoms with Crippen LogP contribution in [0.3, 0.4) is 0 Å². The van der Waals surface area contributed by atoms with Crippen molar-refractivity contribution in [3.8, 4) is 11.5 Å². The largest absolute Gasteiger partial charge is 0.493 e. The number of nitrogens with two attached hydrogens (primary N) is 2. The van der Waals surface area contributed by atoms with Crippen LogP contribution in [-0.4, -0.2) is 29.9 Å². The Kier molecular flexibility index (Phi) is 3.79. The van der Waals surface area contributed by atoms with Gasteiger partial charge in [-0.05, 0) is 17.7 Å². The number of aromatic nitrogens is 2. The number of amides is 1. The van der Waals surface area contributed by atoms with Crippen LogP contribution in [0.25, 0.3) is 0 Å². The summed E-state index contributed by atoms with van der Waals surface area (Å²) >= 11 is 0. The zero-order valence-electron chi connectivity index (χ0n) is 11.3. The summed E-state index contributed by atoms with van der Waals surface area (Å²) in [6.07, 6.45) is 1.57. The number of anilines is 1. The molecule has 0 aliphatic heterocycles. The van der Waals surface area contributed by atoms with Crippen molar-refractivity contribution >= 4 is 11.6 Å². The van der Waals surface area contributed by atoms with E-state index < -0.39 is 5.91 Å². The highest BCUT2D eigenvalue weighted by atomic mass is 16.5. The Labute approximate surface area is 116 Å². The second-order valence-corrected chi connectivity index (χ2v) is 4.18. The van der Waals surface area contributed by atoms with E-state index in [9.17, 15) is 4.79 Å². The summed E-state index contributed by atoms with van der Waals surface area (Å²) in [4.78, 5) is 11.1. The van der Waals surface area contributed by atoms with Crippen LogP contribution >= 0.6 is 0 Å². The van der Waals surface area contributed by atoms with E-state index >= 15 is 0 Å². The van der Waals surface area contributed by atoms with Gasteiger partial charge in [-0.15, -0.1) is 0 Å². The van der Waals surface area contributed by atoms with Gasteiger partial charge >= 0.3 is 0 Å². The number of carbonyl (C=O) groups excluding carboxylic acids is 1. The first kappa shape index (κ1) is 13.7. The predicted molar refractivity (Wildman–Crippen MR) is 73.8 cm³/mol. The molecular weight excluding hydrogens is 260 g/mol. The van der Waals surface area contributed by atoms with E-state index in [0.29, 0.717) is 18.0 Å². The Morgan fingerprint density at radius 3 is 2.55 bits per heavy atom. The molecule has 0 aliphatic carbocycles. The highest BCUT2D eigenvalue weighted by Crippen LogP contribution is 2.27. The van der Waals surface area contributed by atoms with E-state index in [2.05, 4.69) is 5.10 Å². The molecule has 2 aromatic rings. The molecule has 4 N–H and O–H groups in total. The summed E-state index contributed by atoms with van der Waals surface area (Å²) in [6.45, 7) is 0.442. The van der Waals surface area contributed by atoms with Gasteiger partial charge in [0, 0.05) is 6.20 Å². The first-order valence-corrected chi connectivity index (χ1v) is 5.88. The Morgan fingerprint density at radius 1 is 1.30 bits per heavy atom. The normalized spacial score (nSPS) is 10.3. The van der Waals surface area contributed by atoms with Crippen LogP contribution in [0.1, 0.15) is 16.1 Å². The van der Waals surface area contributed by atoms with Crippen molar-refractivity contribution in [3.63, 3.8) is 0 Å². The Bertz CT molecular complexity index is 637. The van der Waals surface area contributed by atoms with Gasteiger partial charge in [0.05, 0.1) is 26.5 Å². The molecule has 1 heterocycles. The highest BCUT2D eigenvalue weighted by Gasteiger charge is 2.12. The van der Waals surface area contributed by atoms with E-state index in [0.717, 1.165) is 5.56 Å². The van der Waals surface area contributed by atoms with Gasteiger partial charge in [-0.2, -0.15) is 5.10 Å². The van der Waals surface area contributed by atoms with Crippen LogP contribution in [0.15, 0.2) is 24.4 Å². The van der Waals surface area contributed by atoms with E-state index in [1.54, 1.807) is 31.2 Å². The number of methoxy groups -OCH3 is 2. The number of hydrogen-bond donors (Lipinski definition) is 2. The van der Waals surface area contributed by atoms with Crippen molar-refractivity contribution < 1.29 is 14.3 Å². The fourth-order valence-corrected chi connectivity index (χ4v) is 1.88. The first-order valence-electron chi connectivity index (χ1n) is 5.88. The molecule has 0 saturated carbocycles. The molecule has 0 bridgehead atoms. The third kappa shape index (κ3) is 2.66. The van der Waals surface area contributed by atoms with Gasteiger partial charge in [-0.3, -0.25) is 9.48 Å². The van der Waals surface area contributed by atoms with Gasteiger partial charge < -0.3 is 20.9 Å². The summed E-state index contributed by atoms with van der Waals surface area (Å²) in [5.41, 5.74) is 12.1. The molecule has 1 aromatic carbocycles. The van der Waals surface area contributed by atoms with Gasteiger partial charge in [-0.25, -0.2) is 0 Å². The lowest BCUT2D eigenvalue weighted by molar-refractivity contribution is 0.0995. The zero-order chi connectivity index (χ0) is 14.7. The Balaban J connectivity index is 2.26. The van der Waals surface area contributed by atoms with Crippen molar-refractivity contribution in [1.82, 2.24) is 9.78 Å². The number of ether oxygens (including phenoxy) is 2. The fourth-order valence-electron chi connectivity index (χ4n) is 1.88. The second-order valence-electron chi connectivity index (χ2n) is 4.18. The summed E-state index contributed by atoms with van der Waals surface area (Å²) in [7, 11) is 3.14. The van der Waals surface area contributed by atoms with E-state index in [4.69, 9.17) is 20.9 Å². The van der Waals surface area contributed by atoms with Gasteiger partial charge in [0.25, 0.3) is 5.91 Å². The molecule has 0 aliphatic rings. The Hall–Kier alpha value is -2.70. The third-order valence-corrected chi connectivity index (χ3v) is 2.82. The number of carbonyl (C=O) groups is 1. The molecule has 0 spiro atoms. The number of nitrogens with zero attached hydrogens (tertiary/aromatic N) is 2. The molecule has 0 unspecified atom stereocenters. The van der Waals surface area contributed by atoms with Crippen molar-refractivity contribution in [2.45, 2.75) is 6.54 Å². The topological polar surface area (TPSA) is 105 Å². The molecular formula is C13H16N4O3. The van der Waals surface area contributed by atoms with Crippen molar-refractivity contribution in [1.29, 1.82) is 0 Å². The fraction of sp³-hybridized carbons (Fsp3) is 0.231. The lowest BCUT2D eigenvalue weighted by atomic mass is 10.2. The second kappa shape index (κ2) is 5.52. The van der Waals surface area contributed by atoms with Crippen LogP contribution in [0, 0.1) is 0 Å². The molecule has 2 rings (SSSR count). The first-order chi connectivity index (χ1) is 9.55. The number of nitrogen functional groups attached to an aromatic ring is 1. The number of primary amides is 1. The van der Waals surface area contributed by atoms with E-state index in [-0.39, 0.29) is 11.4 Å². The van der Waals surface area contributed by atoms with Gasteiger partial charge in [-0.1, -0.05) is 6.07 Å². The minimum atomic E-state index is -0.645. The molecule has 1 aromatic heterocycles. The SMILES string of the molecule is COc1ccc(Cn2cc(N)c(C(N)=O)n2)cc1OC. The number of rotatable bonds is 5. The lowest BCUT2D eigenvalue weighted by Gasteiger charge is -2.09. The summed E-state index contributed by atoms with van der Waals surface area (Å²) in [6, 6.07) is 5.51. The molecule has 7 heteroatoms. The summed E-state index contributed by atoms with van der Waals surface area (Å²) < 4.78 is 11.9. The van der Waals surface area contributed by atoms with Gasteiger partial charge in [0.15, 0.2) is 17.2 Å². The van der Waals surface area contributed by atoms with E-state index in [1.807, 2.05) is 12.1 Å². The standard InChI is InChI=1S/C13H16N4O3/c1-19-10-4-3-8(5-11(10)20-2)6-17-7-9(14)12(16-17)13(15)18/h3-5,7H,6,14H2,1-2H3,(H2,15,18). The monoisotopic (exact) mass is 276 g/mol. The smallest absolute Gasteiger partial charge is 0.271 e. The molecule has 0 radical (unpaired) electrons. The molecule has 1 amide bonds. The van der Waals surface area contributed by atoms with Crippen LogP contribution in [0.5, 0.6) is 11.5 Å². The van der Waals surface area contributed by atoms with Crippen LogP contribution in [-0.2, 0) is 6.54 Å². The summed E-state index contributed by atoms with van der Waals surface area (Å²) in [5.74, 6) is 0.628. The maximum absolute atomic E-state index is 11.1. The maximum atomic E-state index is 11.1. The van der Waals surface area contributed by atoms with Crippen LogP contribution in [0.2, 0.25) is 0 Å².